The predicted octanol–water partition coefficient (Wildman–Crippen LogP) is 4.15. The molecular weight excluding hydrogens is 359 g/mol. The van der Waals surface area contributed by atoms with Crippen LogP contribution in [0.2, 0.25) is 0 Å². The molecule has 1 amide bonds. The maximum atomic E-state index is 11.5. The van der Waals surface area contributed by atoms with Crippen molar-refractivity contribution in [1.29, 1.82) is 0 Å². The van der Waals surface area contributed by atoms with Crippen molar-refractivity contribution >= 4 is 45.0 Å². The zero-order valence-corrected chi connectivity index (χ0v) is 12.9. The predicted molar refractivity (Wildman–Crippen MR) is 83.8 cm³/mol. The number of carbonyl (C=O) groups is 1. The summed E-state index contributed by atoms with van der Waals surface area (Å²) in [5, 5.41) is 5.44. The molecule has 94 valence electrons. The van der Waals surface area contributed by atoms with Gasteiger partial charge in [0.15, 0.2) is 5.13 Å². The van der Waals surface area contributed by atoms with Crippen LogP contribution in [-0.4, -0.2) is 10.9 Å². The smallest absolute Gasteiger partial charge is 0.226 e. The number of nitrogens with zero attached hydrogens (tertiary/aromatic N) is 1. The van der Waals surface area contributed by atoms with Gasteiger partial charge in [0.05, 0.1) is 5.69 Å². The van der Waals surface area contributed by atoms with Crippen LogP contribution in [0.1, 0.15) is 19.8 Å². The van der Waals surface area contributed by atoms with Crippen molar-refractivity contribution in [2.75, 3.05) is 5.32 Å². The highest BCUT2D eigenvalue weighted by Crippen LogP contribution is 2.25. The molecule has 0 radical (unpaired) electrons. The fourth-order valence-corrected chi connectivity index (χ4v) is 2.59. The molecule has 2 rings (SSSR count). The Kier molecular flexibility index (Phi) is 4.71. The highest BCUT2D eigenvalue weighted by Gasteiger charge is 2.07. The molecule has 0 atom stereocenters. The molecule has 0 saturated carbocycles. The molecule has 2 aromatic rings. The van der Waals surface area contributed by atoms with Gasteiger partial charge in [-0.25, -0.2) is 4.98 Å². The van der Waals surface area contributed by atoms with E-state index in [2.05, 4.69) is 32.9 Å². The summed E-state index contributed by atoms with van der Waals surface area (Å²) in [6, 6.07) is 8.16. The molecule has 0 fully saturated rings. The Morgan fingerprint density at radius 2 is 2.11 bits per heavy atom. The Balaban J connectivity index is 2.10. The van der Waals surface area contributed by atoms with Gasteiger partial charge in [-0.3, -0.25) is 4.79 Å². The fraction of sp³-hybridized carbons (Fsp3) is 0.231. The summed E-state index contributed by atoms with van der Waals surface area (Å²) in [5.74, 6) is 0.0287. The van der Waals surface area contributed by atoms with Crippen LogP contribution in [0.5, 0.6) is 0 Å². The Bertz CT molecular complexity index is 536. The van der Waals surface area contributed by atoms with E-state index < -0.39 is 0 Å². The van der Waals surface area contributed by atoms with E-state index >= 15 is 0 Å². The number of hydrogen-bond acceptors (Lipinski definition) is 3. The Morgan fingerprint density at radius 1 is 1.39 bits per heavy atom. The number of nitrogens with one attached hydrogen (secondary N) is 1. The molecule has 18 heavy (non-hydrogen) atoms. The first-order valence-electron chi connectivity index (χ1n) is 5.70. The number of hydrogen-bond donors (Lipinski definition) is 1. The molecule has 0 bridgehead atoms. The van der Waals surface area contributed by atoms with Gasteiger partial charge in [-0.2, -0.15) is 0 Å². The zero-order chi connectivity index (χ0) is 13.0. The highest BCUT2D eigenvalue weighted by molar-refractivity contribution is 14.1. The third-order valence-corrected chi connectivity index (χ3v) is 3.84. The lowest BCUT2D eigenvalue weighted by atomic mass is 10.2. The number of benzene rings is 1. The average Bonchev–Trinajstić information content (AvgIpc) is 2.78. The summed E-state index contributed by atoms with van der Waals surface area (Å²) in [6.07, 6.45) is 1.39. The number of anilines is 1. The molecule has 5 heteroatoms. The Labute approximate surface area is 124 Å². The van der Waals surface area contributed by atoms with Gasteiger partial charge in [0.25, 0.3) is 0 Å². The van der Waals surface area contributed by atoms with Crippen LogP contribution < -0.4 is 5.32 Å². The van der Waals surface area contributed by atoms with Crippen molar-refractivity contribution in [3.63, 3.8) is 0 Å². The minimum absolute atomic E-state index is 0.0287. The van der Waals surface area contributed by atoms with E-state index in [9.17, 15) is 4.79 Å². The van der Waals surface area contributed by atoms with Crippen molar-refractivity contribution in [3.8, 4) is 11.3 Å². The number of amides is 1. The number of thiazole rings is 1. The summed E-state index contributed by atoms with van der Waals surface area (Å²) in [7, 11) is 0. The van der Waals surface area contributed by atoms with Crippen molar-refractivity contribution in [1.82, 2.24) is 4.98 Å². The van der Waals surface area contributed by atoms with E-state index in [1.54, 1.807) is 0 Å². The van der Waals surface area contributed by atoms with Crippen LogP contribution in [-0.2, 0) is 4.79 Å². The van der Waals surface area contributed by atoms with E-state index in [0.717, 1.165) is 17.7 Å². The lowest BCUT2D eigenvalue weighted by Crippen LogP contribution is -2.10. The summed E-state index contributed by atoms with van der Waals surface area (Å²) < 4.78 is 1.20. The molecule has 0 aliphatic heterocycles. The first-order valence-corrected chi connectivity index (χ1v) is 7.66. The van der Waals surface area contributed by atoms with Gasteiger partial charge in [0.2, 0.25) is 5.91 Å². The molecule has 0 aliphatic rings. The van der Waals surface area contributed by atoms with Gasteiger partial charge in [-0.05, 0) is 41.1 Å². The second kappa shape index (κ2) is 6.29. The van der Waals surface area contributed by atoms with E-state index in [4.69, 9.17) is 0 Å². The van der Waals surface area contributed by atoms with Crippen LogP contribution in [0, 0.1) is 3.57 Å². The molecule has 0 unspecified atom stereocenters. The SMILES string of the molecule is CCCC(=O)Nc1nc(-c2ccc(I)cc2)cs1. The number of aromatic nitrogens is 1. The molecule has 1 aromatic carbocycles. The average molecular weight is 372 g/mol. The standard InChI is InChI=1S/C13H13IN2OS/c1-2-3-12(17)16-13-15-11(8-18-13)9-4-6-10(14)7-5-9/h4-8H,2-3H2,1H3,(H,15,16,17). The van der Waals surface area contributed by atoms with Crippen molar-refractivity contribution in [2.45, 2.75) is 19.8 Å². The maximum Gasteiger partial charge on any atom is 0.226 e. The molecule has 1 aromatic heterocycles. The van der Waals surface area contributed by atoms with Gasteiger partial charge >= 0.3 is 0 Å². The third kappa shape index (κ3) is 3.52. The van der Waals surface area contributed by atoms with E-state index in [1.807, 2.05) is 36.6 Å². The minimum Gasteiger partial charge on any atom is -0.302 e. The van der Waals surface area contributed by atoms with Crippen LogP contribution >= 0.6 is 33.9 Å². The topological polar surface area (TPSA) is 42.0 Å². The molecule has 1 heterocycles. The largest absolute Gasteiger partial charge is 0.302 e. The lowest BCUT2D eigenvalue weighted by molar-refractivity contribution is -0.116. The van der Waals surface area contributed by atoms with Gasteiger partial charge in [0.1, 0.15) is 0 Å². The second-order valence-electron chi connectivity index (χ2n) is 3.84. The van der Waals surface area contributed by atoms with Gasteiger partial charge in [0, 0.05) is 20.9 Å². The van der Waals surface area contributed by atoms with Crippen LogP contribution in [0.3, 0.4) is 0 Å². The number of rotatable bonds is 4. The number of carbonyl (C=O) groups excluding carboxylic acids is 1. The monoisotopic (exact) mass is 372 g/mol. The highest BCUT2D eigenvalue weighted by atomic mass is 127. The molecule has 0 saturated heterocycles. The van der Waals surface area contributed by atoms with Crippen molar-refractivity contribution < 1.29 is 4.79 Å². The Hall–Kier alpha value is -0.950. The molecule has 1 N–H and O–H groups in total. The van der Waals surface area contributed by atoms with Gasteiger partial charge < -0.3 is 5.32 Å². The molecular formula is C13H13IN2OS. The fourth-order valence-electron chi connectivity index (χ4n) is 1.49. The van der Waals surface area contributed by atoms with Crippen LogP contribution in [0.4, 0.5) is 5.13 Å². The van der Waals surface area contributed by atoms with Gasteiger partial charge in [-0.15, -0.1) is 11.3 Å². The van der Waals surface area contributed by atoms with Gasteiger partial charge in [-0.1, -0.05) is 19.1 Å². The summed E-state index contributed by atoms with van der Waals surface area (Å²) in [6.45, 7) is 1.98. The second-order valence-corrected chi connectivity index (χ2v) is 5.95. The van der Waals surface area contributed by atoms with E-state index in [-0.39, 0.29) is 5.91 Å². The Morgan fingerprint density at radius 3 is 2.78 bits per heavy atom. The van der Waals surface area contributed by atoms with Crippen LogP contribution in [0.25, 0.3) is 11.3 Å². The number of halogens is 1. The lowest BCUT2D eigenvalue weighted by Gasteiger charge is -1.99. The quantitative estimate of drug-likeness (QED) is 0.820. The van der Waals surface area contributed by atoms with E-state index in [1.165, 1.54) is 14.9 Å². The summed E-state index contributed by atoms with van der Waals surface area (Å²) >= 11 is 3.73. The molecule has 0 spiro atoms. The first kappa shape index (κ1) is 13.5. The minimum atomic E-state index is 0.0287. The van der Waals surface area contributed by atoms with Crippen LogP contribution in [0.15, 0.2) is 29.6 Å². The zero-order valence-electron chi connectivity index (χ0n) is 9.94. The molecule has 3 nitrogen and oxygen atoms in total. The normalized spacial score (nSPS) is 10.3. The van der Waals surface area contributed by atoms with Crippen molar-refractivity contribution in [2.24, 2.45) is 0 Å². The third-order valence-electron chi connectivity index (χ3n) is 2.37. The van der Waals surface area contributed by atoms with Crippen molar-refractivity contribution in [3.05, 3.63) is 33.2 Å². The van der Waals surface area contributed by atoms with E-state index in [0.29, 0.717) is 11.6 Å². The molecule has 0 aliphatic carbocycles. The summed E-state index contributed by atoms with van der Waals surface area (Å²) in [5.41, 5.74) is 1.98. The first-order chi connectivity index (χ1) is 8.69. The summed E-state index contributed by atoms with van der Waals surface area (Å²) in [4.78, 5) is 15.9. The maximum absolute atomic E-state index is 11.5.